The lowest BCUT2D eigenvalue weighted by Gasteiger charge is -2.31. The molecular formula is C16H25FN2. The Labute approximate surface area is 115 Å². The molecule has 0 aromatic heterocycles. The van der Waals surface area contributed by atoms with E-state index in [1.165, 1.54) is 18.4 Å². The molecule has 0 saturated carbocycles. The number of piperidine rings is 1. The molecule has 2 rings (SSSR count). The van der Waals surface area contributed by atoms with Crippen molar-refractivity contribution in [1.82, 2.24) is 10.6 Å². The van der Waals surface area contributed by atoms with Crippen LogP contribution in [0.15, 0.2) is 18.2 Å². The summed E-state index contributed by atoms with van der Waals surface area (Å²) in [6.07, 6.45) is 2.39. The average Bonchev–Trinajstić information content (AvgIpc) is 2.41. The fourth-order valence-electron chi connectivity index (χ4n) is 2.59. The van der Waals surface area contributed by atoms with Gasteiger partial charge in [-0.15, -0.1) is 0 Å². The van der Waals surface area contributed by atoms with E-state index in [0.717, 1.165) is 25.2 Å². The lowest BCUT2D eigenvalue weighted by atomic mass is 9.83. The highest BCUT2D eigenvalue weighted by Crippen LogP contribution is 2.24. The minimum atomic E-state index is -0.120. The lowest BCUT2D eigenvalue weighted by Crippen LogP contribution is -2.44. The first-order chi connectivity index (χ1) is 8.99. The van der Waals surface area contributed by atoms with Gasteiger partial charge in [0.05, 0.1) is 0 Å². The largest absolute Gasteiger partial charge is 0.317 e. The topological polar surface area (TPSA) is 24.1 Å². The van der Waals surface area contributed by atoms with Gasteiger partial charge in [0.1, 0.15) is 5.82 Å². The molecule has 1 aromatic carbocycles. The Morgan fingerprint density at radius 3 is 2.63 bits per heavy atom. The van der Waals surface area contributed by atoms with E-state index < -0.39 is 0 Å². The molecule has 1 aliphatic rings. The second kappa shape index (κ2) is 6.02. The summed E-state index contributed by atoms with van der Waals surface area (Å²) in [5, 5.41) is 7.04. The van der Waals surface area contributed by atoms with Crippen LogP contribution >= 0.6 is 0 Å². The molecule has 106 valence electrons. The summed E-state index contributed by atoms with van der Waals surface area (Å²) >= 11 is 0. The molecule has 1 aliphatic heterocycles. The van der Waals surface area contributed by atoms with Gasteiger partial charge in [-0.05, 0) is 50.0 Å². The van der Waals surface area contributed by atoms with Crippen LogP contribution in [0.25, 0.3) is 0 Å². The Hall–Kier alpha value is -0.930. The monoisotopic (exact) mass is 264 g/mol. The SMILES string of the molecule is Cc1cc(C(C)(C)CNC2CCNCC2)ccc1F. The van der Waals surface area contributed by atoms with E-state index in [0.29, 0.717) is 6.04 Å². The van der Waals surface area contributed by atoms with Crippen molar-refractivity contribution in [3.63, 3.8) is 0 Å². The number of halogens is 1. The van der Waals surface area contributed by atoms with E-state index in [9.17, 15) is 4.39 Å². The highest BCUT2D eigenvalue weighted by molar-refractivity contribution is 5.30. The molecule has 19 heavy (non-hydrogen) atoms. The van der Waals surface area contributed by atoms with Gasteiger partial charge in [0.15, 0.2) is 0 Å². The molecule has 0 atom stereocenters. The summed E-state index contributed by atoms with van der Waals surface area (Å²) in [6, 6.07) is 6.07. The normalized spacial score (nSPS) is 17.7. The lowest BCUT2D eigenvalue weighted by molar-refractivity contribution is 0.351. The van der Waals surface area contributed by atoms with E-state index in [-0.39, 0.29) is 11.2 Å². The van der Waals surface area contributed by atoms with Gasteiger partial charge < -0.3 is 10.6 Å². The van der Waals surface area contributed by atoms with Crippen molar-refractivity contribution in [1.29, 1.82) is 0 Å². The van der Waals surface area contributed by atoms with Gasteiger partial charge in [0, 0.05) is 18.0 Å². The second-order valence-corrected chi connectivity index (χ2v) is 6.25. The summed E-state index contributed by atoms with van der Waals surface area (Å²) in [6.45, 7) is 9.40. The standard InChI is InChI=1S/C16H25FN2/c1-12-10-13(4-5-15(12)17)16(2,3)11-19-14-6-8-18-9-7-14/h4-5,10,14,18-19H,6-9,11H2,1-3H3. The van der Waals surface area contributed by atoms with Crippen molar-refractivity contribution < 1.29 is 4.39 Å². The average molecular weight is 264 g/mol. The Morgan fingerprint density at radius 1 is 1.32 bits per heavy atom. The minimum absolute atomic E-state index is 0.0311. The molecule has 0 unspecified atom stereocenters. The molecule has 1 aromatic rings. The quantitative estimate of drug-likeness (QED) is 0.874. The molecule has 0 amide bonds. The molecule has 3 heteroatoms. The van der Waals surface area contributed by atoms with Crippen LogP contribution in [0.5, 0.6) is 0 Å². The Balaban J connectivity index is 1.98. The van der Waals surface area contributed by atoms with E-state index in [1.807, 2.05) is 19.1 Å². The van der Waals surface area contributed by atoms with Crippen molar-refractivity contribution in [3.05, 3.63) is 35.1 Å². The number of hydrogen-bond donors (Lipinski definition) is 2. The van der Waals surface area contributed by atoms with Crippen LogP contribution in [0.2, 0.25) is 0 Å². The van der Waals surface area contributed by atoms with Crippen LogP contribution in [0.3, 0.4) is 0 Å². The second-order valence-electron chi connectivity index (χ2n) is 6.25. The van der Waals surface area contributed by atoms with Crippen LogP contribution in [-0.2, 0) is 5.41 Å². The molecule has 1 heterocycles. The molecule has 2 N–H and O–H groups in total. The van der Waals surface area contributed by atoms with Gasteiger partial charge in [-0.2, -0.15) is 0 Å². The van der Waals surface area contributed by atoms with Crippen molar-refractivity contribution in [2.24, 2.45) is 0 Å². The van der Waals surface area contributed by atoms with Crippen LogP contribution < -0.4 is 10.6 Å². The fourth-order valence-corrected chi connectivity index (χ4v) is 2.59. The zero-order valence-corrected chi connectivity index (χ0v) is 12.2. The molecule has 0 bridgehead atoms. The predicted octanol–water partition coefficient (Wildman–Crippen LogP) is 2.75. The van der Waals surface area contributed by atoms with Gasteiger partial charge >= 0.3 is 0 Å². The Kier molecular flexibility index (Phi) is 4.58. The number of nitrogens with one attached hydrogen (secondary N) is 2. The van der Waals surface area contributed by atoms with E-state index in [1.54, 1.807) is 6.07 Å². The predicted molar refractivity (Wildman–Crippen MR) is 78.1 cm³/mol. The highest BCUT2D eigenvalue weighted by atomic mass is 19.1. The number of benzene rings is 1. The number of hydrogen-bond acceptors (Lipinski definition) is 2. The van der Waals surface area contributed by atoms with Gasteiger partial charge in [-0.3, -0.25) is 0 Å². The molecule has 0 radical (unpaired) electrons. The third-order valence-electron chi connectivity index (χ3n) is 4.11. The smallest absolute Gasteiger partial charge is 0.126 e. The van der Waals surface area contributed by atoms with E-state index >= 15 is 0 Å². The van der Waals surface area contributed by atoms with Gasteiger partial charge in [-0.1, -0.05) is 26.0 Å². The van der Waals surface area contributed by atoms with Crippen LogP contribution in [0.1, 0.15) is 37.8 Å². The molecule has 0 aliphatic carbocycles. The van der Waals surface area contributed by atoms with Crippen LogP contribution in [0.4, 0.5) is 4.39 Å². The maximum atomic E-state index is 13.3. The Morgan fingerprint density at radius 2 is 2.00 bits per heavy atom. The first kappa shape index (κ1) is 14.5. The molecule has 1 fully saturated rings. The summed E-state index contributed by atoms with van der Waals surface area (Å²) in [5.74, 6) is -0.120. The van der Waals surface area contributed by atoms with Gasteiger partial charge in [-0.25, -0.2) is 4.39 Å². The maximum Gasteiger partial charge on any atom is 0.126 e. The first-order valence-corrected chi connectivity index (χ1v) is 7.20. The maximum absolute atomic E-state index is 13.3. The summed E-state index contributed by atoms with van der Waals surface area (Å²) in [4.78, 5) is 0. The minimum Gasteiger partial charge on any atom is -0.317 e. The van der Waals surface area contributed by atoms with Crippen molar-refractivity contribution in [3.8, 4) is 0 Å². The number of rotatable bonds is 4. The zero-order valence-electron chi connectivity index (χ0n) is 12.2. The van der Waals surface area contributed by atoms with Gasteiger partial charge in [0.2, 0.25) is 0 Å². The zero-order chi connectivity index (χ0) is 13.9. The molecule has 0 spiro atoms. The molecule has 1 saturated heterocycles. The molecular weight excluding hydrogens is 239 g/mol. The van der Waals surface area contributed by atoms with Gasteiger partial charge in [0.25, 0.3) is 0 Å². The summed E-state index contributed by atoms with van der Waals surface area (Å²) in [5.41, 5.74) is 1.96. The summed E-state index contributed by atoms with van der Waals surface area (Å²) in [7, 11) is 0. The number of aryl methyl sites for hydroxylation is 1. The van der Waals surface area contributed by atoms with Crippen molar-refractivity contribution in [2.75, 3.05) is 19.6 Å². The fraction of sp³-hybridized carbons (Fsp3) is 0.625. The summed E-state index contributed by atoms with van der Waals surface area (Å²) < 4.78 is 13.3. The van der Waals surface area contributed by atoms with Crippen LogP contribution in [-0.4, -0.2) is 25.7 Å². The highest BCUT2D eigenvalue weighted by Gasteiger charge is 2.23. The van der Waals surface area contributed by atoms with Crippen molar-refractivity contribution >= 4 is 0 Å². The van der Waals surface area contributed by atoms with Crippen molar-refractivity contribution in [2.45, 2.75) is 45.1 Å². The third kappa shape index (κ3) is 3.77. The Bertz CT molecular complexity index is 423. The molecule has 2 nitrogen and oxygen atoms in total. The first-order valence-electron chi connectivity index (χ1n) is 7.20. The third-order valence-corrected chi connectivity index (χ3v) is 4.11. The van der Waals surface area contributed by atoms with E-state index in [2.05, 4.69) is 24.5 Å². The van der Waals surface area contributed by atoms with E-state index in [4.69, 9.17) is 0 Å². The van der Waals surface area contributed by atoms with Crippen LogP contribution in [0, 0.1) is 12.7 Å².